The maximum atomic E-state index is 12.6. The first kappa shape index (κ1) is 15.2. The number of piperidine rings is 2. The second-order valence-electron chi connectivity index (χ2n) is 6.11. The summed E-state index contributed by atoms with van der Waals surface area (Å²) >= 11 is 0. The molecule has 19 heavy (non-hydrogen) atoms. The Labute approximate surface area is 116 Å². The van der Waals surface area contributed by atoms with Crippen LogP contribution in [-0.2, 0) is 10.2 Å². The van der Waals surface area contributed by atoms with Crippen molar-refractivity contribution < 1.29 is 13.5 Å². The first-order valence-corrected chi connectivity index (χ1v) is 8.74. The Morgan fingerprint density at radius 3 is 2.26 bits per heavy atom. The van der Waals surface area contributed by atoms with Gasteiger partial charge < -0.3 is 5.11 Å². The minimum Gasteiger partial charge on any atom is -0.393 e. The van der Waals surface area contributed by atoms with Crippen molar-refractivity contribution in [2.24, 2.45) is 11.8 Å². The lowest BCUT2D eigenvalue weighted by molar-refractivity contribution is 0.0858. The van der Waals surface area contributed by atoms with Crippen molar-refractivity contribution >= 4 is 10.2 Å². The molecule has 0 bridgehead atoms. The molecule has 2 rings (SSSR count). The van der Waals surface area contributed by atoms with Crippen molar-refractivity contribution in [3.63, 3.8) is 0 Å². The molecule has 2 heterocycles. The zero-order valence-corrected chi connectivity index (χ0v) is 12.8. The van der Waals surface area contributed by atoms with Gasteiger partial charge in [0.15, 0.2) is 0 Å². The number of rotatable bonds is 3. The fourth-order valence-electron chi connectivity index (χ4n) is 3.10. The molecule has 2 fully saturated rings. The molecule has 2 aliphatic heterocycles. The summed E-state index contributed by atoms with van der Waals surface area (Å²) in [5, 5.41) is 9.68. The minimum absolute atomic E-state index is 0.0748. The van der Waals surface area contributed by atoms with Crippen LogP contribution in [0.15, 0.2) is 0 Å². The third-order valence-electron chi connectivity index (χ3n) is 4.38. The molecule has 2 aliphatic rings. The second-order valence-corrected chi connectivity index (χ2v) is 8.04. The third kappa shape index (κ3) is 3.48. The lowest BCUT2D eigenvalue weighted by Gasteiger charge is -2.38. The Kier molecular flexibility index (Phi) is 4.87. The van der Waals surface area contributed by atoms with E-state index in [4.69, 9.17) is 0 Å². The Balaban J connectivity index is 2.06. The summed E-state index contributed by atoms with van der Waals surface area (Å²) in [7, 11) is -3.33. The van der Waals surface area contributed by atoms with E-state index in [0.717, 1.165) is 25.7 Å². The summed E-state index contributed by atoms with van der Waals surface area (Å²) in [6.45, 7) is 6.20. The number of aliphatic hydroxyl groups is 1. The highest BCUT2D eigenvalue weighted by Gasteiger charge is 2.36. The summed E-state index contributed by atoms with van der Waals surface area (Å²) < 4.78 is 28.5. The van der Waals surface area contributed by atoms with Gasteiger partial charge in [0.2, 0.25) is 0 Å². The van der Waals surface area contributed by atoms with Crippen LogP contribution < -0.4 is 0 Å². The topological polar surface area (TPSA) is 60.9 Å². The molecule has 2 saturated heterocycles. The average Bonchev–Trinajstić information content (AvgIpc) is 2.39. The summed E-state index contributed by atoms with van der Waals surface area (Å²) in [6.07, 6.45) is 3.40. The van der Waals surface area contributed by atoms with Crippen LogP contribution in [0.1, 0.15) is 39.5 Å². The number of hydrogen-bond donors (Lipinski definition) is 1. The van der Waals surface area contributed by atoms with E-state index in [-0.39, 0.29) is 5.92 Å². The Morgan fingerprint density at radius 1 is 1.11 bits per heavy atom. The molecule has 0 aliphatic carbocycles. The maximum absolute atomic E-state index is 12.6. The van der Waals surface area contributed by atoms with Gasteiger partial charge in [0.1, 0.15) is 0 Å². The van der Waals surface area contributed by atoms with Crippen molar-refractivity contribution in [2.75, 3.05) is 26.2 Å². The van der Waals surface area contributed by atoms with Crippen molar-refractivity contribution in [3.05, 3.63) is 0 Å². The summed E-state index contributed by atoms with van der Waals surface area (Å²) in [6, 6.07) is 0. The monoisotopic (exact) mass is 290 g/mol. The molecule has 0 aromatic rings. The van der Waals surface area contributed by atoms with Gasteiger partial charge in [-0.05, 0) is 44.4 Å². The SMILES string of the molecule is CC1CCCN(S(=O)(=O)N2CCCC(C(C)O)C2)C1. The van der Waals surface area contributed by atoms with Gasteiger partial charge in [-0.3, -0.25) is 0 Å². The molecule has 6 heteroatoms. The molecule has 0 amide bonds. The largest absolute Gasteiger partial charge is 0.393 e. The Hall–Kier alpha value is -0.170. The van der Waals surface area contributed by atoms with Crippen LogP contribution in [0.5, 0.6) is 0 Å². The molecule has 1 N–H and O–H groups in total. The number of hydrogen-bond acceptors (Lipinski definition) is 3. The predicted octanol–water partition coefficient (Wildman–Crippen LogP) is 1.06. The molecule has 0 spiro atoms. The van der Waals surface area contributed by atoms with Gasteiger partial charge in [-0.1, -0.05) is 6.92 Å². The van der Waals surface area contributed by atoms with Gasteiger partial charge in [-0.2, -0.15) is 17.0 Å². The van der Waals surface area contributed by atoms with E-state index in [1.807, 2.05) is 0 Å². The van der Waals surface area contributed by atoms with E-state index in [9.17, 15) is 13.5 Å². The highest BCUT2D eigenvalue weighted by Crippen LogP contribution is 2.26. The lowest BCUT2D eigenvalue weighted by Crippen LogP contribution is -2.51. The average molecular weight is 290 g/mol. The molecule has 3 atom stereocenters. The van der Waals surface area contributed by atoms with E-state index in [2.05, 4.69) is 6.92 Å². The Morgan fingerprint density at radius 2 is 1.68 bits per heavy atom. The predicted molar refractivity (Wildman–Crippen MR) is 74.9 cm³/mol. The van der Waals surface area contributed by atoms with Gasteiger partial charge >= 0.3 is 0 Å². The van der Waals surface area contributed by atoms with Crippen LogP contribution in [0, 0.1) is 11.8 Å². The van der Waals surface area contributed by atoms with Crippen LogP contribution in [-0.4, -0.2) is 54.4 Å². The number of aliphatic hydroxyl groups excluding tert-OH is 1. The van der Waals surface area contributed by atoms with Crippen molar-refractivity contribution in [1.29, 1.82) is 0 Å². The fraction of sp³-hybridized carbons (Fsp3) is 1.00. The standard InChI is InChI=1S/C13H26N2O3S/c1-11-5-3-7-14(9-11)19(17,18)15-8-4-6-13(10-15)12(2)16/h11-13,16H,3-10H2,1-2H3. The first-order valence-electron chi connectivity index (χ1n) is 7.34. The molecular weight excluding hydrogens is 264 g/mol. The van der Waals surface area contributed by atoms with Crippen LogP contribution in [0.3, 0.4) is 0 Å². The summed E-state index contributed by atoms with van der Waals surface area (Å²) in [5.41, 5.74) is 0. The molecule has 112 valence electrons. The fourth-order valence-corrected chi connectivity index (χ4v) is 4.97. The smallest absolute Gasteiger partial charge is 0.281 e. The van der Waals surface area contributed by atoms with E-state index in [1.165, 1.54) is 0 Å². The zero-order valence-electron chi connectivity index (χ0n) is 12.0. The zero-order chi connectivity index (χ0) is 14.0. The van der Waals surface area contributed by atoms with Gasteiger partial charge in [-0.25, -0.2) is 0 Å². The number of nitrogens with zero attached hydrogens (tertiary/aromatic N) is 2. The molecular formula is C13H26N2O3S. The van der Waals surface area contributed by atoms with E-state index < -0.39 is 16.3 Å². The normalized spacial score (nSPS) is 33.2. The van der Waals surface area contributed by atoms with Crippen molar-refractivity contribution in [2.45, 2.75) is 45.6 Å². The van der Waals surface area contributed by atoms with E-state index in [0.29, 0.717) is 32.1 Å². The van der Waals surface area contributed by atoms with Crippen LogP contribution in [0.25, 0.3) is 0 Å². The van der Waals surface area contributed by atoms with E-state index in [1.54, 1.807) is 15.5 Å². The maximum Gasteiger partial charge on any atom is 0.281 e. The molecule has 0 aromatic heterocycles. The van der Waals surface area contributed by atoms with Gasteiger partial charge in [0.25, 0.3) is 10.2 Å². The van der Waals surface area contributed by atoms with Crippen LogP contribution in [0.4, 0.5) is 0 Å². The van der Waals surface area contributed by atoms with Crippen molar-refractivity contribution in [1.82, 2.24) is 8.61 Å². The summed E-state index contributed by atoms with van der Waals surface area (Å²) in [4.78, 5) is 0. The molecule has 0 aromatic carbocycles. The molecule has 5 nitrogen and oxygen atoms in total. The molecule has 0 radical (unpaired) electrons. The second kappa shape index (κ2) is 6.08. The van der Waals surface area contributed by atoms with Crippen LogP contribution >= 0.6 is 0 Å². The lowest BCUT2D eigenvalue weighted by atomic mass is 9.95. The highest BCUT2D eigenvalue weighted by atomic mass is 32.2. The van der Waals surface area contributed by atoms with Gasteiger partial charge in [0, 0.05) is 26.2 Å². The van der Waals surface area contributed by atoms with Crippen LogP contribution in [0.2, 0.25) is 0 Å². The first-order chi connectivity index (χ1) is 8.91. The quantitative estimate of drug-likeness (QED) is 0.845. The Bertz CT molecular complexity index is 397. The highest BCUT2D eigenvalue weighted by molar-refractivity contribution is 7.86. The minimum atomic E-state index is -3.33. The van der Waals surface area contributed by atoms with Gasteiger partial charge in [0.05, 0.1) is 6.10 Å². The summed E-state index contributed by atoms with van der Waals surface area (Å²) in [5.74, 6) is 0.520. The molecule has 0 saturated carbocycles. The van der Waals surface area contributed by atoms with Gasteiger partial charge in [-0.15, -0.1) is 0 Å². The van der Waals surface area contributed by atoms with Crippen molar-refractivity contribution in [3.8, 4) is 0 Å². The molecule has 3 unspecified atom stereocenters. The van der Waals surface area contributed by atoms with E-state index >= 15 is 0 Å². The third-order valence-corrected chi connectivity index (χ3v) is 6.34.